The molecule has 0 amide bonds. The molecule has 0 bridgehead atoms. The van der Waals surface area contributed by atoms with Gasteiger partial charge in [-0.3, -0.25) is 4.68 Å². The lowest BCUT2D eigenvalue weighted by Gasteiger charge is -2.14. The second kappa shape index (κ2) is 4.95. The number of hydrogen-bond donors (Lipinski definition) is 1. The minimum Gasteiger partial charge on any atom is -0.382 e. The number of aliphatic hydroxyl groups is 1. The molecule has 0 aliphatic rings. The van der Waals surface area contributed by atoms with Gasteiger partial charge >= 0.3 is 0 Å². The quantitative estimate of drug-likeness (QED) is 0.914. The zero-order valence-electron chi connectivity index (χ0n) is 9.16. The summed E-state index contributed by atoms with van der Waals surface area (Å²) in [6.07, 6.45) is -0.215. The van der Waals surface area contributed by atoms with Crippen LogP contribution in [0, 0.1) is 11.6 Å². The van der Waals surface area contributed by atoms with Crippen molar-refractivity contribution < 1.29 is 13.9 Å². The molecule has 1 aromatic carbocycles. The van der Waals surface area contributed by atoms with E-state index in [4.69, 9.17) is 11.6 Å². The molecule has 0 fully saturated rings. The van der Waals surface area contributed by atoms with Gasteiger partial charge < -0.3 is 5.11 Å². The number of aliphatic hydroxyl groups excluding tert-OH is 1. The van der Waals surface area contributed by atoms with Crippen molar-refractivity contribution in [1.82, 2.24) is 9.78 Å². The minimum absolute atomic E-state index is 0.136. The van der Waals surface area contributed by atoms with E-state index in [1.165, 1.54) is 17.9 Å². The van der Waals surface area contributed by atoms with Crippen LogP contribution in [0.5, 0.6) is 0 Å². The number of rotatable bonds is 2. The van der Waals surface area contributed by atoms with Gasteiger partial charge in [0, 0.05) is 11.5 Å². The Morgan fingerprint density at radius 3 is 2.39 bits per heavy atom. The molecule has 1 unspecified atom stereocenters. The van der Waals surface area contributed by atoms with E-state index in [-0.39, 0.29) is 15.2 Å². The van der Waals surface area contributed by atoms with E-state index < -0.39 is 23.3 Å². The third kappa shape index (κ3) is 2.28. The summed E-state index contributed by atoms with van der Waals surface area (Å²) >= 11 is 8.80. The fraction of sp³-hybridized carbons (Fsp3) is 0.182. The number of nitrogens with zero attached hydrogens (tertiary/aromatic N) is 2. The lowest BCUT2D eigenvalue weighted by molar-refractivity contribution is 0.199. The molecular formula is C11H8BrClF2N2O. The molecule has 0 aliphatic carbocycles. The summed E-state index contributed by atoms with van der Waals surface area (Å²) in [6, 6.07) is 2.15. The number of aryl methyl sites for hydroxylation is 1. The number of hydrogen-bond acceptors (Lipinski definition) is 2. The molecule has 1 aromatic heterocycles. The van der Waals surface area contributed by atoms with Gasteiger partial charge in [0.05, 0.1) is 22.5 Å². The van der Waals surface area contributed by atoms with Gasteiger partial charge in [0.15, 0.2) is 0 Å². The SMILES string of the molecule is Cn1ncc(Cl)c1C(O)c1c(F)cc(Br)cc1F. The van der Waals surface area contributed by atoms with Crippen molar-refractivity contribution in [2.24, 2.45) is 7.05 Å². The van der Waals surface area contributed by atoms with Crippen LogP contribution >= 0.6 is 27.5 Å². The summed E-state index contributed by atoms with van der Waals surface area (Å²) in [5, 5.41) is 14.0. The molecule has 1 N–H and O–H groups in total. The van der Waals surface area contributed by atoms with E-state index in [0.717, 1.165) is 12.1 Å². The summed E-state index contributed by atoms with van der Waals surface area (Å²) in [5.41, 5.74) is -0.319. The van der Waals surface area contributed by atoms with Crippen LogP contribution in [-0.4, -0.2) is 14.9 Å². The summed E-state index contributed by atoms with van der Waals surface area (Å²) in [4.78, 5) is 0. The summed E-state index contributed by atoms with van der Waals surface area (Å²) in [6.45, 7) is 0. The maximum atomic E-state index is 13.7. The lowest BCUT2D eigenvalue weighted by atomic mass is 10.1. The molecule has 0 saturated carbocycles. The molecule has 1 atom stereocenters. The van der Waals surface area contributed by atoms with Crippen LogP contribution < -0.4 is 0 Å². The van der Waals surface area contributed by atoms with Crippen molar-refractivity contribution in [3.8, 4) is 0 Å². The third-order valence-electron chi connectivity index (χ3n) is 2.51. The molecule has 0 spiro atoms. The Hall–Kier alpha value is -0.980. The lowest BCUT2D eigenvalue weighted by Crippen LogP contribution is -2.11. The topological polar surface area (TPSA) is 38.0 Å². The zero-order chi connectivity index (χ0) is 13.4. The molecule has 0 radical (unpaired) electrons. The summed E-state index contributed by atoms with van der Waals surface area (Å²) in [7, 11) is 1.53. The van der Waals surface area contributed by atoms with Gasteiger partial charge in [-0.25, -0.2) is 8.78 Å². The van der Waals surface area contributed by atoms with Crippen molar-refractivity contribution >= 4 is 27.5 Å². The molecule has 96 valence electrons. The van der Waals surface area contributed by atoms with Crippen molar-refractivity contribution in [2.45, 2.75) is 6.10 Å². The van der Waals surface area contributed by atoms with Crippen LogP contribution in [0.4, 0.5) is 8.78 Å². The molecule has 2 rings (SSSR count). The second-order valence-corrected chi connectivity index (χ2v) is 5.01. The van der Waals surface area contributed by atoms with Crippen molar-refractivity contribution in [2.75, 3.05) is 0 Å². The molecule has 3 nitrogen and oxygen atoms in total. The molecule has 0 aliphatic heterocycles. The van der Waals surface area contributed by atoms with Gasteiger partial charge in [0.1, 0.15) is 17.7 Å². The van der Waals surface area contributed by atoms with E-state index in [0.29, 0.717) is 0 Å². The highest BCUT2D eigenvalue weighted by atomic mass is 79.9. The van der Waals surface area contributed by atoms with Crippen molar-refractivity contribution in [1.29, 1.82) is 0 Å². The number of benzene rings is 1. The van der Waals surface area contributed by atoms with E-state index in [1.807, 2.05) is 0 Å². The van der Waals surface area contributed by atoms with E-state index in [2.05, 4.69) is 21.0 Å². The minimum atomic E-state index is -1.52. The van der Waals surface area contributed by atoms with E-state index >= 15 is 0 Å². The maximum Gasteiger partial charge on any atom is 0.133 e. The van der Waals surface area contributed by atoms with Crippen molar-refractivity contribution in [3.63, 3.8) is 0 Å². The first-order valence-electron chi connectivity index (χ1n) is 4.91. The maximum absolute atomic E-state index is 13.7. The predicted molar refractivity (Wildman–Crippen MR) is 66.3 cm³/mol. The van der Waals surface area contributed by atoms with Gasteiger partial charge in [-0.1, -0.05) is 27.5 Å². The first kappa shape index (κ1) is 13.5. The highest BCUT2D eigenvalue weighted by Crippen LogP contribution is 2.32. The Bertz CT molecular complexity index is 560. The second-order valence-electron chi connectivity index (χ2n) is 3.69. The van der Waals surface area contributed by atoms with E-state index in [1.54, 1.807) is 0 Å². The molecule has 7 heteroatoms. The van der Waals surface area contributed by atoms with Gasteiger partial charge in [0.2, 0.25) is 0 Å². The number of aromatic nitrogens is 2. The third-order valence-corrected chi connectivity index (χ3v) is 3.26. The molecular weight excluding hydrogens is 329 g/mol. The van der Waals surface area contributed by atoms with Crippen molar-refractivity contribution in [3.05, 3.63) is 50.7 Å². The smallest absolute Gasteiger partial charge is 0.133 e. The fourth-order valence-corrected chi connectivity index (χ4v) is 2.35. The molecule has 18 heavy (non-hydrogen) atoms. The average Bonchev–Trinajstić information content (AvgIpc) is 2.56. The fourth-order valence-electron chi connectivity index (χ4n) is 1.68. The Morgan fingerprint density at radius 2 is 1.94 bits per heavy atom. The largest absolute Gasteiger partial charge is 0.382 e. The monoisotopic (exact) mass is 336 g/mol. The Balaban J connectivity index is 2.56. The Morgan fingerprint density at radius 1 is 1.39 bits per heavy atom. The van der Waals surface area contributed by atoms with Gasteiger partial charge in [-0.15, -0.1) is 0 Å². The van der Waals surface area contributed by atoms with Crippen LogP contribution in [-0.2, 0) is 7.05 Å². The Labute approximate surface area is 115 Å². The van der Waals surface area contributed by atoms with Gasteiger partial charge in [-0.2, -0.15) is 5.10 Å². The average molecular weight is 338 g/mol. The highest BCUT2D eigenvalue weighted by molar-refractivity contribution is 9.10. The standard InChI is InChI=1S/C11H8BrClF2N2O/c1-17-10(6(13)4-16-17)11(18)9-7(14)2-5(12)3-8(9)15/h2-4,11,18H,1H3. The van der Waals surface area contributed by atoms with Crippen LogP contribution in [0.15, 0.2) is 22.8 Å². The van der Waals surface area contributed by atoms with Crippen LogP contribution in [0.1, 0.15) is 17.4 Å². The van der Waals surface area contributed by atoms with Gasteiger partial charge in [-0.05, 0) is 12.1 Å². The first-order valence-corrected chi connectivity index (χ1v) is 6.08. The predicted octanol–water partition coefficient (Wildman–Crippen LogP) is 3.20. The molecule has 2 aromatic rings. The highest BCUT2D eigenvalue weighted by Gasteiger charge is 2.25. The first-order chi connectivity index (χ1) is 8.41. The Kier molecular flexibility index (Phi) is 3.70. The van der Waals surface area contributed by atoms with Crippen LogP contribution in [0.3, 0.4) is 0 Å². The normalized spacial score (nSPS) is 12.8. The van der Waals surface area contributed by atoms with Crippen LogP contribution in [0.25, 0.3) is 0 Å². The number of halogens is 4. The van der Waals surface area contributed by atoms with Crippen LogP contribution in [0.2, 0.25) is 5.02 Å². The summed E-state index contributed by atoms with van der Waals surface area (Å²) in [5.74, 6) is -1.71. The molecule has 0 saturated heterocycles. The zero-order valence-corrected chi connectivity index (χ0v) is 11.5. The van der Waals surface area contributed by atoms with Gasteiger partial charge in [0.25, 0.3) is 0 Å². The summed E-state index contributed by atoms with van der Waals surface area (Å²) < 4.78 is 29.0. The molecule has 1 heterocycles. The van der Waals surface area contributed by atoms with E-state index in [9.17, 15) is 13.9 Å².